The second-order valence-electron chi connectivity index (χ2n) is 6.01. The largest absolute Gasteiger partial charge is 0.405 e. The zero-order chi connectivity index (χ0) is 21.7. The minimum absolute atomic E-state index is 0.00350. The number of carbonyl (C=O) groups is 1. The molecule has 5 N–H and O–H groups in total. The Morgan fingerprint density at radius 3 is 2.21 bits per heavy atom. The third-order valence-corrected chi connectivity index (χ3v) is 7.69. The van der Waals surface area contributed by atoms with E-state index in [1.165, 1.54) is 18.2 Å². The van der Waals surface area contributed by atoms with E-state index in [2.05, 4.69) is 5.32 Å². The van der Waals surface area contributed by atoms with Gasteiger partial charge in [-0.15, -0.1) is 4.73 Å². The summed E-state index contributed by atoms with van der Waals surface area (Å²) in [6.45, 7) is -0.439. The van der Waals surface area contributed by atoms with Gasteiger partial charge in [0, 0.05) is 12.6 Å². The third-order valence-electron chi connectivity index (χ3n) is 3.81. The summed E-state index contributed by atoms with van der Waals surface area (Å²) < 4.78 is 23.3. The number of benzene rings is 1. The summed E-state index contributed by atoms with van der Waals surface area (Å²) in [6.07, 6.45) is -0.664. The fourth-order valence-corrected chi connectivity index (χ4v) is 4.93. The maximum Gasteiger partial charge on any atom is 0.340 e. The Balaban J connectivity index is 2.09. The zero-order valence-electron chi connectivity index (χ0n) is 15.0. The van der Waals surface area contributed by atoms with Crippen LogP contribution < -0.4 is 15.7 Å². The highest BCUT2D eigenvalue weighted by Gasteiger charge is 2.42. The van der Waals surface area contributed by atoms with Crippen LogP contribution >= 0.6 is 15.2 Å². The smallest absolute Gasteiger partial charge is 0.340 e. The van der Waals surface area contributed by atoms with Gasteiger partial charge in [0.25, 0.3) is 11.5 Å². The minimum Gasteiger partial charge on any atom is -0.405 e. The molecular weight excluding hydrogens is 426 g/mol. The van der Waals surface area contributed by atoms with Crippen molar-refractivity contribution in [2.24, 2.45) is 0 Å². The highest BCUT2D eigenvalue weighted by atomic mass is 31.2. The van der Waals surface area contributed by atoms with Gasteiger partial charge in [-0.2, -0.15) is 0 Å². The predicted molar refractivity (Wildman–Crippen MR) is 102 cm³/mol. The van der Waals surface area contributed by atoms with Crippen molar-refractivity contribution >= 4 is 21.1 Å². The quantitative estimate of drug-likeness (QED) is 0.339. The van der Waals surface area contributed by atoms with Crippen molar-refractivity contribution in [3.63, 3.8) is 0 Å². The van der Waals surface area contributed by atoms with Gasteiger partial charge < -0.3 is 29.7 Å². The molecule has 0 saturated heterocycles. The van der Waals surface area contributed by atoms with Crippen molar-refractivity contribution < 1.29 is 38.3 Å². The second kappa shape index (κ2) is 9.49. The van der Waals surface area contributed by atoms with E-state index in [1.807, 2.05) is 0 Å². The molecule has 0 unspecified atom stereocenters. The summed E-state index contributed by atoms with van der Waals surface area (Å²) in [4.78, 5) is 66.2. The minimum atomic E-state index is -5.09. The first-order valence-electron chi connectivity index (χ1n) is 8.28. The van der Waals surface area contributed by atoms with E-state index in [0.29, 0.717) is 0 Å². The summed E-state index contributed by atoms with van der Waals surface area (Å²) in [5, 5.41) is 0.0404. The van der Waals surface area contributed by atoms with E-state index in [0.717, 1.165) is 10.3 Å². The van der Waals surface area contributed by atoms with Crippen molar-refractivity contribution in [3.8, 4) is 0 Å². The molecule has 158 valence electrons. The first-order chi connectivity index (χ1) is 13.5. The molecule has 0 fully saturated rings. The van der Waals surface area contributed by atoms with Crippen LogP contribution in [0.2, 0.25) is 0 Å². The molecule has 2 aromatic rings. The molecule has 0 aliphatic carbocycles. The highest BCUT2D eigenvalue weighted by Crippen LogP contribution is 2.61. The molecule has 13 heteroatoms. The topological polar surface area (TPSA) is 175 Å². The first kappa shape index (κ1) is 23.0. The van der Waals surface area contributed by atoms with Crippen LogP contribution in [0.1, 0.15) is 22.5 Å². The maximum absolute atomic E-state index is 12.4. The molecule has 29 heavy (non-hydrogen) atoms. The molecule has 0 aliphatic heterocycles. The number of hydrogen-bond donors (Lipinski definition) is 5. The number of nitrogens with zero attached hydrogens (tertiary/aromatic N) is 1. The Kier molecular flexibility index (Phi) is 7.54. The van der Waals surface area contributed by atoms with Crippen LogP contribution in [-0.4, -0.2) is 42.2 Å². The molecule has 0 radical (unpaired) electrons. The van der Waals surface area contributed by atoms with E-state index < -0.39 is 45.0 Å². The van der Waals surface area contributed by atoms with Gasteiger partial charge in [0.05, 0.1) is 0 Å². The first-order valence-corrected chi connectivity index (χ1v) is 11.6. The van der Waals surface area contributed by atoms with Crippen LogP contribution in [0.5, 0.6) is 0 Å². The Morgan fingerprint density at radius 1 is 1.00 bits per heavy atom. The molecule has 0 aliphatic rings. The van der Waals surface area contributed by atoms with Crippen molar-refractivity contribution in [2.75, 3.05) is 6.54 Å². The van der Waals surface area contributed by atoms with E-state index in [9.17, 15) is 18.7 Å². The summed E-state index contributed by atoms with van der Waals surface area (Å²) >= 11 is 0. The highest BCUT2D eigenvalue weighted by molar-refractivity contribution is 7.70. The Labute approximate surface area is 165 Å². The molecule has 0 bridgehead atoms. The van der Waals surface area contributed by atoms with Gasteiger partial charge in [-0.3, -0.25) is 18.7 Å². The van der Waals surface area contributed by atoms with Gasteiger partial charge >= 0.3 is 15.2 Å². The molecule has 1 heterocycles. The van der Waals surface area contributed by atoms with Crippen LogP contribution in [0, 0.1) is 0 Å². The van der Waals surface area contributed by atoms with Crippen LogP contribution in [0.25, 0.3) is 0 Å². The number of aromatic nitrogens is 1. The van der Waals surface area contributed by atoms with Crippen LogP contribution in [0.3, 0.4) is 0 Å². The van der Waals surface area contributed by atoms with E-state index >= 15 is 0 Å². The van der Waals surface area contributed by atoms with Gasteiger partial charge in [-0.05, 0) is 18.1 Å². The van der Waals surface area contributed by atoms with Crippen LogP contribution in [0.4, 0.5) is 0 Å². The standard InChI is InChI=1S/C16H20N2O9P2/c19-14-8-4-7-13(18(14)27-11-12-5-2-1-3-6-12)16(20)17-10-9-15(28(21,22)23)29(24,25)26/h1-8,15H,9-11H2,(H,17,20)(H2,21,22,23)(H2,24,25,26). The number of pyridine rings is 1. The van der Waals surface area contributed by atoms with Crippen molar-refractivity contribution in [1.82, 2.24) is 10.0 Å². The number of nitrogens with one attached hydrogen (secondary N) is 1. The summed E-state index contributed by atoms with van der Waals surface area (Å²) in [5.74, 6) is -0.814. The molecule has 0 atom stereocenters. The summed E-state index contributed by atoms with van der Waals surface area (Å²) in [6, 6.07) is 12.7. The fourth-order valence-electron chi connectivity index (χ4n) is 2.43. The number of carbonyl (C=O) groups excluding carboxylic acids is 1. The number of rotatable bonds is 9. The van der Waals surface area contributed by atoms with E-state index in [-0.39, 0.29) is 12.3 Å². The van der Waals surface area contributed by atoms with E-state index in [1.54, 1.807) is 30.3 Å². The fraction of sp³-hybridized carbons (Fsp3) is 0.250. The molecule has 1 amide bonds. The Hall–Kier alpha value is -2.26. The average molecular weight is 446 g/mol. The van der Waals surface area contributed by atoms with Gasteiger partial charge in [0.1, 0.15) is 12.3 Å². The van der Waals surface area contributed by atoms with Crippen LogP contribution in [-0.2, 0) is 15.7 Å². The lowest BCUT2D eigenvalue weighted by Crippen LogP contribution is -2.36. The van der Waals surface area contributed by atoms with Gasteiger partial charge in [0.2, 0.25) is 0 Å². The number of amides is 1. The average Bonchev–Trinajstić information content (AvgIpc) is 2.62. The summed E-state index contributed by atoms with van der Waals surface area (Å²) in [5.41, 5.74) is -0.0463. The van der Waals surface area contributed by atoms with Crippen molar-refractivity contribution in [1.29, 1.82) is 0 Å². The molecule has 1 aromatic carbocycles. The molecule has 11 nitrogen and oxygen atoms in total. The molecule has 0 saturated carbocycles. The Bertz CT molecular complexity index is 975. The van der Waals surface area contributed by atoms with Gasteiger partial charge in [0.15, 0.2) is 5.40 Å². The second-order valence-corrected chi connectivity index (χ2v) is 10.0. The molecule has 2 rings (SSSR count). The zero-order valence-corrected chi connectivity index (χ0v) is 16.8. The number of hydrogen-bond acceptors (Lipinski definition) is 5. The normalized spacial score (nSPS) is 12.0. The third kappa shape index (κ3) is 6.64. The molecule has 1 aromatic heterocycles. The van der Waals surface area contributed by atoms with Crippen LogP contribution in [0.15, 0.2) is 53.3 Å². The van der Waals surface area contributed by atoms with E-state index in [4.69, 9.17) is 24.4 Å². The van der Waals surface area contributed by atoms with Gasteiger partial charge in [-0.1, -0.05) is 36.4 Å². The maximum atomic E-state index is 12.4. The predicted octanol–water partition coefficient (Wildman–Crippen LogP) is 0.278. The summed E-state index contributed by atoms with van der Waals surface area (Å²) in [7, 11) is -10.2. The SMILES string of the molecule is O=C(NCCC(P(=O)(O)O)P(=O)(O)O)c1cccc(=O)n1OCc1ccccc1. The monoisotopic (exact) mass is 446 g/mol. The van der Waals surface area contributed by atoms with Crippen molar-refractivity contribution in [2.45, 2.75) is 18.4 Å². The lowest BCUT2D eigenvalue weighted by atomic mass is 10.2. The molecular formula is C16H20N2O9P2. The lowest BCUT2D eigenvalue weighted by molar-refractivity contribution is 0.0710. The van der Waals surface area contributed by atoms with Gasteiger partial charge in [-0.25, -0.2) is 0 Å². The lowest BCUT2D eigenvalue weighted by Gasteiger charge is -2.19. The van der Waals surface area contributed by atoms with Crippen molar-refractivity contribution in [3.05, 3.63) is 70.1 Å². The Morgan fingerprint density at radius 2 is 1.62 bits per heavy atom. The molecule has 0 spiro atoms.